The van der Waals surface area contributed by atoms with Crippen molar-refractivity contribution < 1.29 is 23.9 Å². The van der Waals surface area contributed by atoms with Gasteiger partial charge in [0.25, 0.3) is 5.91 Å². The first-order valence-corrected chi connectivity index (χ1v) is 16.5. The average molecular weight is 669 g/mol. The molecule has 1 aliphatic rings. The number of amides is 4. The highest BCUT2D eigenvalue weighted by atomic mass is 16.7. The van der Waals surface area contributed by atoms with Gasteiger partial charge in [0.2, 0.25) is 5.91 Å². The number of benzene rings is 5. The zero-order valence-corrected chi connectivity index (χ0v) is 28.1. The molecule has 5 aromatic rings. The van der Waals surface area contributed by atoms with Gasteiger partial charge in [-0.2, -0.15) is 0 Å². The molecule has 3 N–H and O–H groups in total. The molecule has 50 heavy (non-hydrogen) atoms. The fraction of sp³-hybridized carbons (Fsp3) is 0.195. The third-order valence-electron chi connectivity index (χ3n) is 8.55. The van der Waals surface area contributed by atoms with Crippen LogP contribution in [0.4, 0.5) is 21.9 Å². The lowest BCUT2D eigenvalue weighted by atomic mass is 9.87. The number of ether oxygens (including phenoxy) is 2. The fourth-order valence-electron chi connectivity index (χ4n) is 5.95. The highest BCUT2D eigenvalue weighted by molar-refractivity contribution is 6.12. The van der Waals surface area contributed by atoms with Crippen LogP contribution in [0, 0.1) is 13.8 Å². The number of hydrogen-bond donors (Lipinski definition) is 3. The Morgan fingerprint density at radius 3 is 1.72 bits per heavy atom. The summed E-state index contributed by atoms with van der Waals surface area (Å²) in [6.07, 6.45) is -1.19. The van der Waals surface area contributed by atoms with Crippen LogP contribution in [0.25, 0.3) is 0 Å². The molecule has 0 unspecified atom stereocenters. The molecule has 0 bridgehead atoms. The quantitative estimate of drug-likeness (QED) is 0.113. The fourth-order valence-corrected chi connectivity index (χ4v) is 5.95. The topological polar surface area (TPSA) is 109 Å². The number of aryl methyl sites for hydroxylation is 2. The van der Waals surface area contributed by atoms with E-state index in [0.29, 0.717) is 22.6 Å². The summed E-state index contributed by atoms with van der Waals surface area (Å²) in [7, 11) is 0. The molecule has 1 heterocycles. The van der Waals surface area contributed by atoms with Crippen molar-refractivity contribution in [3.63, 3.8) is 0 Å². The van der Waals surface area contributed by atoms with Gasteiger partial charge in [0.15, 0.2) is 11.8 Å². The first-order valence-electron chi connectivity index (χ1n) is 16.5. The van der Waals surface area contributed by atoms with E-state index in [2.05, 4.69) is 16.0 Å². The van der Waals surface area contributed by atoms with E-state index in [9.17, 15) is 14.4 Å². The number of carbonyl (C=O) groups excluding carboxylic acids is 3. The number of anilines is 3. The highest BCUT2D eigenvalue weighted by Gasteiger charge is 2.53. The second kappa shape index (κ2) is 15.6. The van der Waals surface area contributed by atoms with Crippen molar-refractivity contribution in [2.24, 2.45) is 0 Å². The second-order valence-corrected chi connectivity index (χ2v) is 12.4. The van der Waals surface area contributed by atoms with E-state index in [4.69, 9.17) is 9.47 Å². The van der Waals surface area contributed by atoms with Gasteiger partial charge in [-0.1, -0.05) is 114 Å². The number of urea groups is 1. The molecule has 6 rings (SSSR count). The summed E-state index contributed by atoms with van der Waals surface area (Å²) in [6.45, 7) is 4.43. The third kappa shape index (κ3) is 8.26. The summed E-state index contributed by atoms with van der Waals surface area (Å²) >= 11 is 0. The largest absolute Gasteiger partial charge is 0.346 e. The Hall–Kier alpha value is -5.77. The first kappa shape index (κ1) is 34.1. The van der Waals surface area contributed by atoms with E-state index in [-0.39, 0.29) is 26.2 Å². The Kier molecular flexibility index (Phi) is 10.7. The molecule has 0 radical (unpaired) electrons. The van der Waals surface area contributed by atoms with Crippen molar-refractivity contribution >= 4 is 34.9 Å². The second-order valence-electron chi connectivity index (χ2n) is 12.4. The molecule has 9 nitrogen and oxygen atoms in total. The van der Waals surface area contributed by atoms with E-state index in [0.717, 1.165) is 22.3 Å². The lowest BCUT2D eigenvalue weighted by Gasteiger charge is -2.31. The molecule has 0 aliphatic carbocycles. The van der Waals surface area contributed by atoms with E-state index >= 15 is 0 Å². The standard InChI is InChI=1S/C41H40N4O5/c1-29-17-21-33(22-18-29)42-37(46)25-41(44-40(48)43-34-23-19-30(2)20-24-34)35-15-9-10-16-36(35)45(39(41)47)26-38(49-27-31-11-5-3-6-12-31)50-28-32-13-7-4-8-14-32/h3-24,38H,25-28H2,1-2H3,(H,42,46)(H2,43,44,48)/t41-/m0/s1. The monoisotopic (exact) mass is 668 g/mol. The molecule has 1 atom stereocenters. The smallest absolute Gasteiger partial charge is 0.320 e. The molecular formula is C41H40N4O5. The molecule has 0 spiro atoms. The minimum Gasteiger partial charge on any atom is -0.346 e. The number of nitrogens with one attached hydrogen (secondary N) is 3. The molecular weight excluding hydrogens is 628 g/mol. The lowest BCUT2D eigenvalue weighted by molar-refractivity contribution is -0.153. The van der Waals surface area contributed by atoms with Gasteiger partial charge in [-0.05, 0) is 55.3 Å². The molecule has 0 saturated carbocycles. The van der Waals surface area contributed by atoms with Crippen LogP contribution in [0.15, 0.2) is 133 Å². The van der Waals surface area contributed by atoms with Crippen LogP contribution < -0.4 is 20.9 Å². The first-order chi connectivity index (χ1) is 24.3. The lowest BCUT2D eigenvalue weighted by Crippen LogP contribution is -2.56. The molecule has 254 valence electrons. The third-order valence-corrected chi connectivity index (χ3v) is 8.55. The number of carbonyl (C=O) groups is 3. The molecule has 0 saturated heterocycles. The maximum Gasteiger partial charge on any atom is 0.320 e. The molecule has 5 aromatic carbocycles. The summed E-state index contributed by atoms with van der Waals surface area (Å²) in [5.41, 5.74) is 4.42. The zero-order chi connectivity index (χ0) is 34.9. The van der Waals surface area contributed by atoms with Crippen molar-refractivity contribution in [2.75, 3.05) is 22.1 Å². The van der Waals surface area contributed by atoms with Gasteiger partial charge in [-0.15, -0.1) is 0 Å². The maximum absolute atomic E-state index is 14.8. The summed E-state index contributed by atoms with van der Waals surface area (Å²) < 4.78 is 12.6. The van der Waals surface area contributed by atoms with Crippen molar-refractivity contribution in [3.05, 3.63) is 161 Å². The predicted molar refractivity (Wildman–Crippen MR) is 194 cm³/mol. The van der Waals surface area contributed by atoms with Crippen molar-refractivity contribution in [1.29, 1.82) is 0 Å². The maximum atomic E-state index is 14.8. The van der Waals surface area contributed by atoms with Gasteiger partial charge in [0.05, 0.1) is 31.9 Å². The number of hydrogen-bond acceptors (Lipinski definition) is 5. The van der Waals surface area contributed by atoms with E-state index < -0.39 is 29.7 Å². The van der Waals surface area contributed by atoms with E-state index in [1.165, 1.54) is 0 Å². The normalized spacial score (nSPS) is 15.1. The van der Waals surface area contributed by atoms with Crippen LogP contribution in [0.2, 0.25) is 0 Å². The van der Waals surface area contributed by atoms with Gasteiger partial charge in [0, 0.05) is 16.9 Å². The van der Waals surface area contributed by atoms with Crippen LogP contribution in [0.5, 0.6) is 0 Å². The van der Waals surface area contributed by atoms with Crippen LogP contribution in [0.1, 0.15) is 34.2 Å². The number of nitrogens with zero attached hydrogens (tertiary/aromatic N) is 1. The predicted octanol–water partition coefficient (Wildman–Crippen LogP) is 7.46. The van der Waals surface area contributed by atoms with Gasteiger partial charge < -0.3 is 30.3 Å². The van der Waals surface area contributed by atoms with E-state index in [1.807, 2.05) is 105 Å². The Morgan fingerprint density at radius 2 is 1.16 bits per heavy atom. The summed E-state index contributed by atoms with van der Waals surface area (Å²) in [4.78, 5) is 43.8. The van der Waals surface area contributed by atoms with E-state index in [1.54, 1.807) is 47.4 Å². The minimum absolute atomic E-state index is 0.0120. The highest BCUT2D eigenvalue weighted by Crippen LogP contribution is 2.43. The van der Waals surface area contributed by atoms with Gasteiger partial charge in [-0.25, -0.2) is 4.79 Å². The molecule has 0 fully saturated rings. The van der Waals surface area contributed by atoms with Crippen molar-refractivity contribution in [3.8, 4) is 0 Å². The summed E-state index contributed by atoms with van der Waals surface area (Å²) in [5, 5.41) is 8.66. The van der Waals surface area contributed by atoms with Crippen molar-refractivity contribution in [1.82, 2.24) is 5.32 Å². The van der Waals surface area contributed by atoms with Crippen LogP contribution in [-0.4, -0.2) is 30.7 Å². The van der Waals surface area contributed by atoms with Crippen LogP contribution in [-0.2, 0) is 37.8 Å². The zero-order valence-electron chi connectivity index (χ0n) is 28.1. The van der Waals surface area contributed by atoms with Gasteiger partial charge >= 0.3 is 6.03 Å². The van der Waals surface area contributed by atoms with Crippen LogP contribution >= 0.6 is 0 Å². The van der Waals surface area contributed by atoms with Crippen LogP contribution in [0.3, 0.4) is 0 Å². The Balaban J connectivity index is 1.31. The number of para-hydroxylation sites is 1. The Labute approximate surface area is 292 Å². The Morgan fingerprint density at radius 1 is 0.660 bits per heavy atom. The average Bonchev–Trinajstić information content (AvgIpc) is 3.34. The molecule has 1 aliphatic heterocycles. The molecule has 4 amide bonds. The number of rotatable bonds is 13. The Bertz CT molecular complexity index is 1810. The SMILES string of the molecule is Cc1ccc(NC(=O)C[C@@]2(NC(=O)Nc3ccc(C)cc3)C(=O)N(CC(OCc3ccccc3)OCc3ccccc3)c3ccccc32)cc1. The summed E-state index contributed by atoms with van der Waals surface area (Å²) in [6, 6.07) is 40.7. The molecule has 9 heteroatoms. The minimum atomic E-state index is -1.73. The molecule has 0 aromatic heterocycles. The number of fused-ring (bicyclic) bond motifs is 1. The van der Waals surface area contributed by atoms with Crippen molar-refractivity contribution in [2.45, 2.75) is 45.3 Å². The van der Waals surface area contributed by atoms with Gasteiger partial charge in [0.1, 0.15) is 0 Å². The van der Waals surface area contributed by atoms with Gasteiger partial charge in [-0.3, -0.25) is 9.59 Å². The summed E-state index contributed by atoms with van der Waals surface area (Å²) in [5.74, 6) is -0.917.